The van der Waals surface area contributed by atoms with Gasteiger partial charge in [0.15, 0.2) is 0 Å². The Morgan fingerprint density at radius 1 is 1.24 bits per heavy atom. The van der Waals surface area contributed by atoms with Gasteiger partial charge in [0.05, 0.1) is 6.61 Å². The van der Waals surface area contributed by atoms with Gasteiger partial charge in [0.25, 0.3) is 0 Å². The molecule has 2 aliphatic rings. The summed E-state index contributed by atoms with van der Waals surface area (Å²) >= 11 is 1.82. The monoisotopic (exact) mass is 303 g/mol. The first-order chi connectivity index (χ1) is 10.4. The average molecular weight is 303 g/mol. The van der Waals surface area contributed by atoms with Gasteiger partial charge in [-0.1, -0.05) is 31.1 Å². The van der Waals surface area contributed by atoms with Crippen molar-refractivity contribution in [3.8, 4) is 11.8 Å². The third-order valence-electron chi connectivity index (χ3n) is 4.95. The molecule has 0 radical (unpaired) electrons. The molecule has 1 aliphatic carbocycles. The van der Waals surface area contributed by atoms with Crippen molar-refractivity contribution < 1.29 is 5.11 Å². The zero-order chi connectivity index (χ0) is 14.5. The van der Waals surface area contributed by atoms with E-state index in [9.17, 15) is 0 Å². The second kappa shape index (κ2) is 7.45. The molecule has 21 heavy (non-hydrogen) atoms. The maximum absolute atomic E-state index is 8.83. The van der Waals surface area contributed by atoms with Gasteiger partial charge in [-0.3, -0.25) is 4.90 Å². The van der Waals surface area contributed by atoms with Gasteiger partial charge < -0.3 is 5.11 Å². The molecule has 2 atom stereocenters. The van der Waals surface area contributed by atoms with Crippen molar-refractivity contribution >= 4 is 11.3 Å². The first-order valence-electron chi connectivity index (χ1n) is 8.25. The summed E-state index contributed by atoms with van der Waals surface area (Å²) < 4.78 is 0. The molecule has 114 valence electrons. The van der Waals surface area contributed by atoms with Crippen LogP contribution in [0.25, 0.3) is 0 Å². The average Bonchev–Trinajstić information content (AvgIpc) is 2.95. The van der Waals surface area contributed by atoms with Gasteiger partial charge in [0.2, 0.25) is 0 Å². The molecule has 0 bridgehead atoms. The normalized spacial score (nSPS) is 26.0. The highest BCUT2D eigenvalue weighted by molar-refractivity contribution is 7.10. The molecule has 1 saturated carbocycles. The first-order valence-corrected chi connectivity index (χ1v) is 9.13. The number of fused-ring (bicyclic) bond motifs is 1. The topological polar surface area (TPSA) is 23.5 Å². The van der Waals surface area contributed by atoms with Crippen LogP contribution in [0, 0.1) is 23.7 Å². The van der Waals surface area contributed by atoms with Crippen molar-refractivity contribution in [3.63, 3.8) is 0 Å². The van der Waals surface area contributed by atoms with Gasteiger partial charge in [0.1, 0.15) is 0 Å². The fraction of sp³-hybridized carbons (Fsp3) is 0.667. The highest BCUT2D eigenvalue weighted by Gasteiger charge is 2.31. The van der Waals surface area contributed by atoms with Crippen LogP contribution < -0.4 is 0 Å². The molecule has 0 aromatic carbocycles. The van der Waals surface area contributed by atoms with Gasteiger partial charge in [0, 0.05) is 30.0 Å². The summed E-state index contributed by atoms with van der Waals surface area (Å²) in [6.45, 7) is 3.75. The van der Waals surface area contributed by atoms with Crippen LogP contribution in [0.15, 0.2) is 11.4 Å². The minimum Gasteiger partial charge on any atom is -0.395 e. The van der Waals surface area contributed by atoms with Crippen molar-refractivity contribution in [1.29, 1.82) is 0 Å². The Hall–Kier alpha value is -0.820. The van der Waals surface area contributed by atoms with E-state index in [0.29, 0.717) is 6.42 Å². The van der Waals surface area contributed by atoms with Crippen molar-refractivity contribution in [3.05, 3.63) is 21.9 Å². The molecule has 2 fully saturated rings. The lowest BCUT2D eigenvalue weighted by atomic mass is 9.75. The van der Waals surface area contributed by atoms with E-state index in [1.54, 1.807) is 0 Å². The van der Waals surface area contributed by atoms with E-state index in [1.807, 2.05) is 11.3 Å². The molecule has 1 saturated heterocycles. The second-order valence-electron chi connectivity index (χ2n) is 6.36. The number of nitrogens with zero attached hydrogens (tertiary/aromatic N) is 1. The Labute approximate surface area is 132 Å². The summed E-state index contributed by atoms with van der Waals surface area (Å²) in [5, 5.41) is 11.0. The summed E-state index contributed by atoms with van der Waals surface area (Å²) in [7, 11) is 0. The number of likely N-dealkylation sites (tertiary alicyclic amines) is 1. The summed E-state index contributed by atoms with van der Waals surface area (Å²) in [5.41, 5.74) is 1.17. The summed E-state index contributed by atoms with van der Waals surface area (Å²) in [5.74, 6) is 8.21. The number of rotatable bonds is 3. The van der Waals surface area contributed by atoms with Gasteiger partial charge in [-0.15, -0.1) is 11.3 Å². The molecule has 2 nitrogen and oxygen atoms in total. The molecule has 0 amide bonds. The van der Waals surface area contributed by atoms with Crippen LogP contribution in [0.1, 0.15) is 49.0 Å². The minimum absolute atomic E-state index is 0.154. The van der Waals surface area contributed by atoms with Crippen molar-refractivity contribution in [2.24, 2.45) is 11.8 Å². The second-order valence-corrected chi connectivity index (χ2v) is 7.36. The van der Waals surface area contributed by atoms with Crippen molar-refractivity contribution in [1.82, 2.24) is 4.90 Å². The summed E-state index contributed by atoms with van der Waals surface area (Å²) in [4.78, 5) is 4.03. The van der Waals surface area contributed by atoms with Crippen LogP contribution in [-0.4, -0.2) is 29.7 Å². The third kappa shape index (κ3) is 3.88. The fourth-order valence-electron chi connectivity index (χ4n) is 3.81. The Morgan fingerprint density at radius 3 is 2.95 bits per heavy atom. The fourth-order valence-corrected chi connectivity index (χ4v) is 4.68. The lowest BCUT2D eigenvalue weighted by molar-refractivity contribution is 0.0827. The standard InChI is InChI=1S/C18H25NOS/c20-11-4-3-6-16-9-12-21-18(16)14-19-10-8-15-5-1-2-7-17(15)13-19/h9,12,15,17,20H,1-2,4-5,7-8,10-11,13-14H2. The van der Waals surface area contributed by atoms with Crippen molar-refractivity contribution in [2.45, 2.75) is 45.1 Å². The van der Waals surface area contributed by atoms with Crippen LogP contribution in [0.3, 0.4) is 0 Å². The lowest BCUT2D eigenvalue weighted by Crippen LogP contribution is -2.41. The third-order valence-corrected chi connectivity index (χ3v) is 5.85. The van der Waals surface area contributed by atoms with E-state index >= 15 is 0 Å². The lowest BCUT2D eigenvalue weighted by Gasteiger charge is -2.41. The molecule has 1 aromatic rings. The van der Waals surface area contributed by atoms with E-state index in [2.05, 4.69) is 28.2 Å². The summed E-state index contributed by atoms with van der Waals surface area (Å²) in [6.07, 6.45) is 7.76. The molecule has 1 aromatic heterocycles. The quantitative estimate of drug-likeness (QED) is 0.864. The van der Waals surface area contributed by atoms with E-state index in [0.717, 1.165) is 18.4 Å². The molecule has 2 heterocycles. The SMILES string of the molecule is OCCC#Cc1ccsc1CN1CCC2CCCCC2C1. The molecule has 0 spiro atoms. The Bertz CT molecular complexity index is 513. The maximum atomic E-state index is 8.83. The van der Waals surface area contributed by atoms with Gasteiger partial charge in [-0.25, -0.2) is 0 Å². The number of thiophene rings is 1. The van der Waals surface area contributed by atoms with Crippen LogP contribution in [0.5, 0.6) is 0 Å². The number of hydrogen-bond donors (Lipinski definition) is 1. The van der Waals surface area contributed by atoms with E-state index in [1.165, 1.54) is 55.6 Å². The maximum Gasteiger partial charge on any atom is 0.0540 e. The minimum atomic E-state index is 0.154. The van der Waals surface area contributed by atoms with Crippen LogP contribution in [-0.2, 0) is 6.54 Å². The van der Waals surface area contributed by atoms with E-state index in [-0.39, 0.29) is 6.61 Å². The molecular formula is C18H25NOS. The number of hydrogen-bond acceptors (Lipinski definition) is 3. The van der Waals surface area contributed by atoms with E-state index < -0.39 is 0 Å². The molecule has 1 N–H and O–H groups in total. The van der Waals surface area contributed by atoms with Crippen LogP contribution in [0.2, 0.25) is 0 Å². The number of aliphatic hydroxyl groups excluding tert-OH is 1. The predicted molar refractivity (Wildman–Crippen MR) is 88.2 cm³/mol. The van der Waals surface area contributed by atoms with Crippen LogP contribution >= 0.6 is 11.3 Å². The number of aliphatic hydroxyl groups is 1. The first kappa shape index (κ1) is 15.1. The molecule has 3 heteroatoms. The number of piperidine rings is 1. The zero-order valence-electron chi connectivity index (χ0n) is 12.7. The van der Waals surface area contributed by atoms with Crippen molar-refractivity contribution in [2.75, 3.05) is 19.7 Å². The summed E-state index contributed by atoms with van der Waals surface area (Å²) in [6, 6.07) is 2.12. The molecular weight excluding hydrogens is 278 g/mol. The smallest absolute Gasteiger partial charge is 0.0540 e. The Kier molecular flexibility index (Phi) is 5.35. The van der Waals surface area contributed by atoms with Gasteiger partial charge in [-0.05, 0) is 42.7 Å². The van der Waals surface area contributed by atoms with Gasteiger partial charge >= 0.3 is 0 Å². The molecule has 3 rings (SSSR count). The molecule has 1 aliphatic heterocycles. The van der Waals surface area contributed by atoms with E-state index in [4.69, 9.17) is 5.11 Å². The van der Waals surface area contributed by atoms with Gasteiger partial charge in [-0.2, -0.15) is 0 Å². The zero-order valence-corrected chi connectivity index (χ0v) is 13.5. The highest BCUT2D eigenvalue weighted by Crippen LogP contribution is 2.36. The predicted octanol–water partition coefficient (Wildman–Crippen LogP) is 3.49. The Balaban J connectivity index is 1.60. The van der Waals surface area contributed by atoms with Crippen LogP contribution in [0.4, 0.5) is 0 Å². The molecule has 2 unspecified atom stereocenters. The Morgan fingerprint density at radius 2 is 2.10 bits per heavy atom. The largest absolute Gasteiger partial charge is 0.395 e. The highest BCUT2D eigenvalue weighted by atomic mass is 32.1.